The van der Waals surface area contributed by atoms with Gasteiger partial charge in [0, 0.05) is 19.3 Å². The number of fused-ring (bicyclic) bond motifs is 2. The molecule has 4 aromatic rings. The first-order chi connectivity index (χ1) is 10.7. The number of hydrogen-bond donors (Lipinski definition) is 1. The predicted molar refractivity (Wildman–Crippen MR) is 84.3 cm³/mol. The Hall–Kier alpha value is -2.55. The molecule has 0 saturated heterocycles. The molecule has 1 N–H and O–H groups in total. The van der Waals surface area contributed by atoms with E-state index in [-0.39, 0.29) is 0 Å². The molecule has 0 aliphatic carbocycles. The summed E-state index contributed by atoms with van der Waals surface area (Å²) in [5.74, 6) is 0.724. The first kappa shape index (κ1) is 13.1. The van der Waals surface area contributed by atoms with Crippen molar-refractivity contribution in [2.45, 2.75) is 6.54 Å². The van der Waals surface area contributed by atoms with Gasteiger partial charge in [0.1, 0.15) is 16.7 Å². The van der Waals surface area contributed by atoms with Crippen LogP contribution < -0.4 is 5.32 Å². The summed E-state index contributed by atoms with van der Waals surface area (Å²) in [7, 11) is 1.85. The van der Waals surface area contributed by atoms with Crippen molar-refractivity contribution in [3.63, 3.8) is 0 Å². The minimum atomic E-state index is 0.564. The molecule has 0 radical (unpaired) electrons. The minimum Gasteiger partial charge on any atom is -0.364 e. The lowest BCUT2D eigenvalue weighted by Gasteiger charge is -2.08. The zero-order valence-electron chi connectivity index (χ0n) is 11.6. The molecule has 4 heterocycles. The second-order valence-corrected chi connectivity index (χ2v) is 5.48. The number of aryl methyl sites for hydroxylation is 1. The van der Waals surface area contributed by atoms with Crippen molar-refractivity contribution in [3.05, 3.63) is 41.2 Å². The molecule has 0 aromatic carbocycles. The highest BCUT2D eigenvalue weighted by atomic mass is 79.9. The van der Waals surface area contributed by atoms with Gasteiger partial charge in [0.2, 0.25) is 0 Å². The highest BCUT2D eigenvalue weighted by Gasteiger charge is 2.13. The molecule has 4 aromatic heterocycles. The molecule has 0 aliphatic heterocycles. The lowest BCUT2D eigenvalue weighted by molar-refractivity contribution is 0.777. The van der Waals surface area contributed by atoms with Gasteiger partial charge in [-0.05, 0) is 22.0 Å². The predicted octanol–water partition coefficient (Wildman–Crippen LogP) is 1.78. The molecule has 0 bridgehead atoms. The van der Waals surface area contributed by atoms with E-state index in [0.29, 0.717) is 11.1 Å². The highest BCUT2D eigenvalue weighted by molar-refractivity contribution is 9.10. The number of hydrogen-bond acceptors (Lipinski definition) is 6. The second-order valence-electron chi connectivity index (χ2n) is 4.73. The van der Waals surface area contributed by atoms with Gasteiger partial charge in [-0.1, -0.05) is 0 Å². The minimum absolute atomic E-state index is 0.564. The quantitative estimate of drug-likeness (QED) is 0.600. The fourth-order valence-corrected chi connectivity index (χ4v) is 2.97. The van der Waals surface area contributed by atoms with Crippen LogP contribution in [0.15, 0.2) is 35.5 Å². The molecule has 8 nitrogen and oxygen atoms in total. The van der Waals surface area contributed by atoms with Gasteiger partial charge in [0.05, 0.1) is 23.8 Å². The summed E-state index contributed by atoms with van der Waals surface area (Å²) in [6, 6.07) is 3.79. The average Bonchev–Trinajstić information content (AvgIpc) is 3.11. The summed E-state index contributed by atoms with van der Waals surface area (Å²) < 4.78 is 4.22. The van der Waals surface area contributed by atoms with Crippen LogP contribution in [0.2, 0.25) is 0 Å². The van der Waals surface area contributed by atoms with E-state index in [1.54, 1.807) is 21.6 Å². The number of rotatable bonds is 3. The number of halogens is 1. The molecule has 110 valence electrons. The molecule has 4 rings (SSSR count). The van der Waals surface area contributed by atoms with E-state index in [2.05, 4.69) is 46.4 Å². The van der Waals surface area contributed by atoms with Crippen molar-refractivity contribution in [2.24, 2.45) is 7.05 Å². The van der Waals surface area contributed by atoms with Crippen LogP contribution in [0.4, 0.5) is 5.82 Å². The Bertz CT molecular complexity index is 973. The number of nitrogens with zero attached hydrogens (tertiary/aromatic N) is 7. The SMILES string of the molecule is Cn1nc(Br)c2c(NCc3ccnc4ccnn34)ncnc21. The van der Waals surface area contributed by atoms with Crippen molar-refractivity contribution in [2.75, 3.05) is 5.32 Å². The summed E-state index contributed by atoms with van der Waals surface area (Å²) >= 11 is 3.45. The van der Waals surface area contributed by atoms with Crippen LogP contribution >= 0.6 is 15.9 Å². The van der Waals surface area contributed by atoms with E-state index in [1.807, 2.05) is 19.2 Å². The number of anilines is 1. The Morgan fingerprint density at radius 3 is 3.00 bits per heavy atom. The molecule has 0 aliphatic rings. The van der Waals surface area contributed by atoms with E-state index < -0.39 is 0 Å². The van der Waals surface area contributed by atoms with Gasteiger partial charge in [0.15, 0.2) is 11.3 Å². The Kier molecular flexibility index (Phi) is 3.00. The number of aromatic nitrogens is 7. The van der Waals surface area contributed by atoms with Gasteiger partial charge in [-0.3, -0.25) is 0 Å². The average molecular weight is 359 g/mol. The second kappa shape index (κ2) is 5.02. The van der Waals surface area contributed by atoms with E-state index in [0.717, 1.165) is 28.2 Å². The molecule has 22 heavy (non-hydrogen) atoms. The van der Waals surface area contributed by atoms with Crippen LogP contribution in [-0.4, -0.2) is 34.3 Å². The van der Waals surface area contributed by atoms with Crippen molar-refractivity contribution >= 4 is 38.4 Å². The third-order valence-electron chi connectivity index (χ3n) is 3.38. The van der Waals surface area contributed by atoms with Gasteiger partial charge in [-0.15, -0.1) is 0 Å². The first-order valence-electron chi connectivity index (χ1n) is 6.59. The molecule has 0 unspecified atom stereocenters. The molecule has 0 amide bonds. The smallest absolute Gasteiger partial charge is 0.164 e. The van der Waals surface area contributed by atoms with Gasteiger partial charge >= 0.3 is 0 Å². The summed E-state index contributed by atoms with van der Waals surface area (Å²) in [6.45, 7) is 0.564. The zero-order chi connectivity index (χ0) is 15.1. The summed E-state index contributed by atoms with van der Waals surface area (Å²) in [6.07, 6.45) is 5.02. The zero-order valence-corrected chi connectivity index (χ0v) is 13.2. The Balaban J connectivity index is 1.71. The Labute approximate surface area is 133 Å². The summed E-state index contributed by atoms with van der Waals surface area (Å²) in [5.41, 5.74) is 2.57. The third-order valence-corrected chi connectivity index (χ3v) is 3.94. The Morgan fingerprint density at radius 2 is 2.09 bits per heavy atom. The molecule has 0 spiro atoms. The topological polar surface area (TPSA) is 85.8 Å². The van der Waals surface area contributed by atoms with Crippen molar-refractivity contribution in [1.82, 2.24) is 34.3 Å². The maximum absolute atomic E-state index is 4.31. The maximum atomic E-state index is 4.31. The molecular weight excluding hydrogens is 348 g/mol. The van der Waals surface area contributed by atoms with Crippen molar-refractivity contribution in [3.8, 4) is 0 Å². The van der Waals surface area contributed by atoms with Crippen LogP contribution in [0.3, 0.4) is 0 Å². The van der Waals surface area contributed by atoms with Gasteiger partial charge < -0.3 is 5.32 Å². The first-order valence-corrected chi connectivity index (χ1v) is 7.38. The third kappa shape index (κ3) is 2.01. The van der Waals surface area contributed by atoms with Gasteiger partial charge in [-0.2, -0.15) is 10.2 Å². The lowest BCUT2D eigenvalue weighted by atomic mass is 10.3. The monoisotopic (exact) mass is 358 g/mol. The lowest BCUT2D eigenvalue weighted by Crippen LogP contribution is -2.08. The largest absolute Gasteiger partial charge is 0.364 e. The summed E-state index contributed by atoms with van der Waals surface area (Å²) in [5, 5.41) is 12.8. The molecular formula is C13H11BrN8. The van der Waals surface area contributed by atoms with Crippen LogP contribution in [0.25, 0.3) is 16.7 Å². The van der Waals surface area contributed by atoms with Gasteiger partial charge in [0.25, 0.3) is 0 Å². The molecule has 0 saturated carbocycles. The fraction of sp³-hybridized carbons (Fsp3) is 0.154. The maximum Gasteiger partial charge on any atom is 0.164 e. The van der Waals surface area contributed by atoms with Gasteiger partial charge in [-0.25, -0.2) is 24.1 Å². The Morgan fingerprint density at radius 1 is 1.18 bits per heavy atom. The fourth-order valence-electron chi connectivity index (χ4n) is 2.37. The van der Waals surface area contributed by atoms with Crippen LogP contribution in [0.5, 0.6) is 0 Å². The molecule has 0 atom stereocenters. The number of nitrogens with one attached hydrogen (secondary N) is 1. The van der Waals surface area contributed by atoms with E-state index in [1.165, 1.54) is 6.33 Å². The standard InChI is InChI=1S/C13H11BrN8/c1-21-13-10(11(14)20-21)12(17-7-18-13)16-6-8-2-4-15-9-3-5-19-22(8)9/h2-5,7H,6H2,1H3,(H,16,17,18). The van der Waals surface area contributed by atoms with Crippen molar-refractivity contribution in [1.29, 1.82) is 0 Å². The van der Waals surface area contributed by atoms with E-state index >= 15 is 0 Å². The molecule has 0 fully saturated rings. The van der Waals surface area contributed by atoms with Crippen LogP contribution in [0.1, 0.15) is 5.69 Å². The normalized spacial score (nSPS) is 11.4. The van der Waals surface area contributed by atoms with Crippen LogP contribution in [0, 0.1) is 0 Å². The van der Waals surface area contributed by atoms with Crippen LogP contribution in [-0.2, 0) is 13.6 Å². The van der Waals surface area contributed by atoms with E-state index in [4.69, 9.17) is 0 Å². The summed E-state index contributed by atoms with van der Waals surface area (Å²) in [4.78, 5) is 12.8. The molecule has 9 heteroatoms. The van der Waals surface area contributed by atoms with E-state index in [9.17, 15) is 0 Å². The van der Waals surface area contributed by atoms with Crippen molar-refractivity contribution < 1.29 is 0 Å². The highest BCUT2D eigenvalue weighted by Crippen LogP contribution is 2.26.